The maximum absolute atomic E-state index is 13.3. The summed E-state index contributed by atoms with van der Waals surface area (Å²) in [5.74, 6) is 0.995. The average Bonchev–Trinajstić information content (AvgIpc) is 3.37. The molecule has 0 spiro atoms. The van der Waals surface area contributed by atoms with Gasteiger partial charge in [0.2, 0.25) is 11.7 Å². The molecule has 7 rings (SSSR count). The molecule has 11 heteroatoms. The Morgan fingerprint density at radius 3 is 2.53 bits per heavy atom. The number of hydrogen-bond donors (Lipinski definition) is 2. The topological polar surface area (TPSA) is 134 Å². The minimum Gasteiger partial charge on any atom is -0.330 e. The Hall–Kier alpha value is -4.93. The number of carbonyl (C=O) groups is 2. The fourth-order valence-electron chi connectivity index (χ4n) is 6.32. The van der Waals surface area contributed by atoms with E-state index in [9.17, 15) is 9.59 Å². The van der Waals surface area contributed by atoms with E-state index in [2.05, 4.69) is 27.4 Å². The highest BCUT2D eigenvalue weighted by Crippen LogP contribution is 2.46. The van der Waals surface area contributed by atoms with Gasteiger partial charge in [0.25, 0.3) is 5.91 Å². The molecule has 11 nitrogen and oxygen atoms in total. The van der Waals surface area contributed by atoms with Gasteiger partial charge in [-0.05, 0) is 57.4 Å². The van der Waals surface area contributed by atoms with Gasteiger partial charge in [0.1, 0.15) is 12.1 Å². The fourth-order valence-corrected chi connectivity index (χ4v) is 6.32. The number of amides is 2. The number of likely N-dealkylation sites (tertiary alicyclic amines) is 1. The van der Waals surface area contributed by atoms with E-state index in [1.54, 1.807) is 10.7 Å². The number of fused-ring (bicyclic) bond motifs is 1. The molecule has 1 aliphatic carbocycles. The Balaban J connectivity index is 1.25. The highest BCUT2D eigenvalue weighted by molar-refractivity contribution is 5.91. The number of aromatic amines is 1. The van der Waals surface area contributed by atoms with Crippen molar-refractivity contribution < 1.29 is 9.59 Å². The van der Waals surface area contributed by atoms with Crippen LogP contribution in [0.3, 0.4) is 0 Å². The lowest BCUT2D eigenvalue weighted by Crippen LogP contribution is -2.40. The van der Waals surface area contributed by atoms with Crippen molar-refractivity contribution in [3.8, 4) is 22.4 Å². The summed E-state index contributed by atoms with van der Waals surface area (Å²) in [6.45, 7) is 3.60. The summed E-state index contributed by atoms with van der Waals surface area (Å²) in [5.41, 5.74) is 6.35. The zero-order chi connectivity index (χ0) is 29.5. The minimum absolute atomic E-state index is 0.0565. The van der Waals surface area contributed by atoms with Gasteiger partial charge >= 0.3 is 0 Å². The van der Waals surface area contributed by atoms with Crippen LogP contribution in [-0.2, 0) is 11.2 Å². The Morgan fingerprint density at radius 1 is 1.00 bits per heavy atom. The molecule has 2 N–H and O–H groups in total. The molecule has 1 aliphatic heterocycles. The van der Waals surface area contributed by atoms with Crippen molar-refractivity contribution in [2.24, 2.45) is 0 Å². The van der Waals surface area contributed by atoms with Crippen LogP contribution in [0.5, 0.6) is 0 Å². The van der Waals surface area contributed by atoms with E-state index in [0.29, 0.717) is 23.8 Å². The Morgan fingerprint density at radius 2 is 1.84 bits per heavy atom. The van der Waals surface area contributed by atoms with Gasteiger partial charge in [0, 0.05) is 47.5 Å². The molecule has 43 heavy (non-hydrogen) atoms. The standard InChI is InChI=1S/C32H33N9O2/c1-19-8-12-24(40(19)32(43)29-34-18-35-39-29)13-15-27-28(22-9-10-22)31(37-20(2)42)41-30(38-27)25(17-36-41)23-11-14-26(33-16-23)21-6-4-3-5-7-21/h3-7,11,14,16-19,22,24H,8-10,12-13,15H2,1-2H3,(H,37,42)(H,34,35,39)/t19-,24?/m1/s1. The van der Waals surface area contributed by atoms with Gasteiger partial charge in [0.15, 0.2) is 5.65 Å². The van der Waals surface area contributed by atoms with Crippen LogP contribution in [0.4, 0.5) is 5.82 Å². The van der Waals surface area contributed by atoms with Crippen LogP contribution in [-0.4, -0.2) is 63.6 Å². The molecule has 0 radical (unpaired) electrons. The monoisotopic (exact) mass is 575 g/mol. The van der Waals surface area contributed by atoms with Crippen molar-refractivity contribution in [2.75, 3.05) is 5.32 Å². The molecule has 2 atom stereocenters. The molecule has 1 saturated carbocycles. The number of rotatable bonds is 8. The number of nitrogens with one attached hydrogen (secondary N) is 2. The van der Waals surface area contributed by atoms with Crippen LogP contribution in [0.25, 0.3) is 28.0 Å². The van der Waals surface area contributed by atoms with Gasteiger partial charge in [-0.2, -0.15) is 14.7 Å². The number of H-pyrrole nitrogens is 1. The highest BCUT2D eigenvalue weighted by Gasteiger charge is 2.37. The van der Waals surface area contributed by atoms with E-state index < -0.39 is 0 Å². The molecule has 5 aromatic rings. The quantitative estimate of drug-likeness (QED) is 0.265. The van der Waals surface area contributed by atoms with E-state index >= 15 is 0 Å². The first-order valence-corrected chi connectivity index (χ1v) is 14.9. The predicted octanol–water partition coefficient (Wildman–Crippen LogP) is 5.04. The zero-order valence-corrected chi connectivity index (χ0v) is 24.2. The van der Waals surface area contributed by atoms with E-state index in [4.69, 9.17) is 15.1 Å². The van der Waals surface area contributed by atoms with Gasteiger partial charge < -0.3 is 10.2 Å². The lowest BCUT2D eigenvalue weighted by atomic mass is 10.0. The van der Waals surface area contributed by atoms with Crippen LogP contribution in [0, 0.1) is 0 Å². The van der Waals surface area contributed by atoms with Crippen molar-refractivity contribution in [2.45, 2.75) is 70.4 Å². The summed E-state index contributed by atoms with van der Waals surface area (Å²) in [6.07, 6.45) is 10.4. The molecule has 1 unspecified atom stereocenters. The summed E-state index contributed by atoms with van der Waals surface area (Å²) in [5, 5.41) is 14.4. The Bertz CT molecular complexity index is 1780. The number of nitrogens with zero attached hydrogens (tertiary/aromatic N) is 7. The largest absolute Gasteiger partial charge is 0.330 e. The fraction of sp³-hybridized carbons (Fsp3) is 0.344. The lowest BCUT2D eigenvalue weighted by molar-refractivity contribution is -0.114. The lowest BCUT2D eigenvalue weighted by Gasteiger charge is -2.28. The maximum atomic E-state index is 13.3. The van der Waals surface area contributed by atoms with Crippen molar-refractivity contribution in [1.29, 1.82) is 0 Å². The van der Waals surface area contributed by atoms with Gasteiger partial charge in [-0.25, -0.2) is 9.97 Å². The average molecular weight is 576 g/mol. The number of pyridine rings is 1. The molecule has 5 heterocycles. The van der Waals surface area contributed by atoms with Crippen LogP contribution in [0.2, 0.25) is 0 Å². The smallest absolute Gasteiger partial charge is 0.291 e. The summed E-state index contributed by atoms with van der Waals surface area (Å²) < 4.78 is 1.76. The first-order valence-electron chi connectivity index (χ1n) is 14.9. The number of aryl methyl sites for hydroxylation is 1. The van der Waals surface area contributed by atoms with Gasteiger partial charge in [-0.15, -0.1) is 0 Å². The van der Waals surface area contributed by atoms with E-state index in [0.717, 1.165) is 65.7 Å². The maximum Gasteiger partial charge on any atom is 0.291 e. The molecule has 2 fully saturated rings. The Labute approximate surface area is 248 Å². The molecule has 0 bridgehead atoms. The molecular weight excluding hydrogens is 542 g/mol. The molecule has 2 amide bonds. The van der Waals surface area contributed by atoms with Crippen LogP contribution in [0.1, 0.15) is 73.7 Å². The Kier molecular flexibility index (Phi) is 6.92. The van der Waals surface area contributed by atoms with Crippen LogP contribution in [0.15, 0.2) is 61.2 Å². The third-order valence-corrected chi connectivity index (χ3v) is 8.54. The van der Waals surface area contributed by atoms with E-state index in [1.165, 1.54) is 13.3 Å². The molecule has 2 aliphatic rings. The van der Waals surface area contributed by atoms with Crippen molar-refractivity contribution in [1.82, 2.24) is 39.7 Å². The number of hydrogen-bond acceptors (Lipinski definition) is 7. The van der Waals surface area contributed by atoms with Gasteiger partial charge in [-0.1, -0.05) is 36.4 Å². The van der Waals surface area contributed by atoms with Crippen LogP contribution < -0.4 is 5.32 Å². The predicted molar refractivity (Wildman–Crippen MR) is 161 cm³/mol. The van der Waals surface area contributed by atoms with Crippen molar-refractivity contribution >= 4 is 23.3 Å². The second-order valence-corrected chi connectivity index (χ2v) is 11.5. The summed E-state index contributed by atoms with van der Waals surface area (Å²) in [4.78, 5) is 41.6. The summed E-state index contributed by atoms with van der Waals surface area (Å²) >= 11 is 0. The third kappa shape index (κ3) is 5.15. The summed E-state index contributed by atoms with van der Waals surface area (Å²) in [6, 6.07) is 14.3. The molecular formula is C32H33N9O2. The van der Waals surface area contributed by atoms with Gasteiger partial charge in [-0.3, -0.25) is 19.7 Å². The minimum atomic E-state index is -0.153. The van der Waals surface area contributed by atoms with Crippen molar-refractivity contribution in [3.05, 3.63) is 78.3 Å². The second kappa shape index (κ2) is 11.0. The van der Waals surface area contributed by atoms with Gasteiger partial charge in [0.05, 0.1) is 17.6 Å². The molecule has 1 saturated heterocycles. The molecule has 218 valence electrons. The first-order chi connectivity index (χ1) is 21.0. The number of benzene rings is 1. The summed E-state index contributed by atoms with van der Waals surface area (Å²) in [7, 11) is 0. The highest BCUT2D eigenvalue weighted by atomic mass is 16.2. The van der Waals surface area contributed by atoms with Crippen molar-refractivity contribution in [3.63, 3.8) is 0 Å². The first kappa shape index (κ1) is 26.9. The van der Waals surface area contributed by atoms with Crippen LogP contribution >= 0.6 is 0 Å². The number of aromatic nitrogens is 7. The van der Waals surface area contributed by atoms with E-state index in [-0.39, 0.29) is 29.7 Å². The molecule has 4 aromatic heterocycles. The second-order valence-electron chi connectivity index (χ2n) is 11.5. The normalized spacial score (nSPS) is 18.3. The third-order valence-electron chi connectivity index (χ3n) is 8.54. The van der Waals surface area contributed by atoms with E-state index in [1.807, 2.05) is 53.6 Å². The number of carbonyl (C=O) groups excluding carboxylic acids is 2. The number of anilines is 1. The zero-order valence-electron chi connectivity index (χ0n) is 24.2. The SMILES string of the molecule is CC(=O)Nc1c(C2CC2)c(CCC2CC[C@@H](C)N2C(=O)c2ncn[nH]2)nc2c(-c3ccc(-c4ccccc4)nc3)cnn12. The molecule has 1 aromatic carbocycles.